The van der Waals surface area contributed by atoms with E-state index in [1.807, 2.05) is 12.1 Å². The number of carbonyl (C=O) groups is 1. The lowest BCUT2D eigenvalue weighted by atomic mass is 9.98. The minimum Gasteiger partial charge on any atom is -0.547 e. The van der Waals surface area contributed by atoms with Gasteiger partial charge in [0.05, 0.1) is 17.6 Å². The van der Waals surface area contributed by atoms with Gasteiger partial charge in [0.2, 0.25) is 0 Å². The molecular weight excluding hydrogens is 242 g/mol. The summed E-state index contributed by atoms with van der Waals surface area (Å²) in [6, 6.07) is 15.5. The van der Waals surface area contributed by atoms with Crippen LogP contribution in [0.1, 0.15) is 17.2 Å². The lowest BCUT2D eigenvalue weighted by molar-refractivity contribution is -0.315. The number of hydrogen-bond donors (Lipinski definition) is 1. The van der Waals surface area contributed by atoms with Gasteiger partial charge in [0.25, 0.3) is 0 Å². The summed E-state index contributed by atoms with van der Waals surface area (Å²) in [5.41, 5.74) is 2.33. The van der Waals surface area contributed by atoms with E-state index in [0.29, 0.717) is 5.56 Å². The van der Waals surface area contributed by atoms with Gasteiger partial charge in [0.1, 0.15) is 6.10 Å². The highest BCUT2D eigenvalue weighted by Crippen LogP contribution is 2.24. The van der Waals surface area contributed by atoms with Gasteiger partial charge in [0.15, 0.2) is 0 Å². The minimum absolute atomic E-state index is 0.248. The third-order valence-electron chi connectivity index (χ3n) is 2.81. The molecule has 2 aromatic rings. The van der Waals surface area contributed by atoms with Crippen molar-refractivity contribution in [3.63, 3.8) is 0 Å². The summed E-state index contributed by atoms with van der Waals surface area (Å²) in [6.07, 6.45) is -1.64. The van der Waals surface area contributed by atoms with Gasteiger partial charge in [-0.25, -0.2) is 0 Å². The zero-order valence-corrected chi connectivity index (χ0v) is 9.91. The molecule has 0 aliphatic heterocycles. The van der Waals surface area contributed by atoms with Gasteiger partial charge in [-0.05, 0) is 22.8 Å². The Bertz CT molecular complexity index is 641. The Balaban J connectivity index is 2.38. The molecule has 0 aromatic heterocycles. The van der Waals surface area contributed by atoms with Crippen LogP contribution in [0.15, 0.2) is 48.5 Å². The Labute approximate surface area is 110 Å². The first kappa shape index (κ1) is 12.8. The van der Waals surface area contributed by atoms with E-state index >= 15 is 0 Å². The van der Waals surface area contributed by atoms with E-state index in [4.69, 9.17) is 5.26 Å². The van der Waals surface area contributed by atoms with Crippen LogP contribution in [-0.2, 0) is 4.79 Å². The number of hydrogen-bond acceptors (Lipinski definition) is 4. The van der Waals surface area contributed by atoms with Crippen molar-refractivity contribution in [1.29, 1.82) is 5.26 Å². The van der Waals surface area contributed by atoms with Crippen LogP contribution in [0.4, 0.5) is 0 Å². The molecular formula is C15H10NO3-. The molecule has 2 rings (SSSR count). The SMILES string of the molecule is N#Cc1ccccc1-c1ccc(C(O)C(=O)[O-])cc1. The number of carbonyl (C=O) groups excluding carboxylic acids is 1. The van der Waals surface area contributed by atoms with Crippen LogP contribution in [0.5, 0.6) is 0 Å². The summed E-state index contributed by atoms with van der Waals surface area (Å²) < 4.78 is 0. The molecule has 0 amide bonds. The Hall–Kier alpha value is -2.64. The summed E-state index contributed by atoms with van der Waals surface area (Å²) in [5.74, 6) is -1.54. The first-order chi connectivity index (χ1) is 9.13. The number of rotatable bonds is 3. The van der Waals surface area contributed by atoms with E-state index in [2.05, 4.69) is 6.07 Å². The van der Waals surface area contributed by atoms with Crippen LogP contribution < -0.4 is 5.11 Å². The van der Waals surface area contributed by atoms with Gasteiger partial charge < -0.3 is 15.0 Å². The van der Waals surface area contributed by atoms with Gasteiger partial charge >= 0.3 is 0 Å². The molecule has 4 heteroatoms. The van der Waals surface area contributed by atoms with Gasteiger partial charge in [-0.3, -0.25) is 0 Å². The molecule has 0 aliphatic carbocycles. The molecule has 0 bridgehead atoms. The number of aliphatic carboxylic acids is 1. The summed E-state index contributed by atoms with van der Waals surface area (Å²) in [4.78, 5) is 10.6. The Morgan fingerprint density at radius 2 is 1.79 bits per heavy atom. The number of carboxylic acid groups (broad SMARTS) is 1. The lowest BCUT2D eigenvalue weighted by Crippen LogP contribution is -2.29. The maximum atomic E-state index is 10.6. The lowest BCUT2D eigenvalue weighted by Gasteiger charge is -2.12. The third kappa shape index (κ3) is 2.62. The van der Waals surface area contributed by atoms with Crippen LogP contribution >= 0.6 is 0 Å². The molecule has 1 atom stereocenters. The predicted octanol–water partition coefficient (Wildman–Crippen LogP) is 1.01. The largest absolute Gasteiger partial charge is 0.547 e. The van der Waals surface area contributed by atoms with Crippen LogP contribution in [0.3, 0.4) is 0 Å². The standard InChI is InChI=1S/C15H11NO3/c16-9-12-3-1-2-4-13(12)10-5-7-11(8-6-10)14(17)15(18)19/h1-8,14,17H,(H,18,19)/p-1. The minimum atomic E-state index is -1.64. The van der Waals surface area contributed by atoms with Crippen molar-refractivity contribution < 1.29 is 15.0 Å². The van der Waals surface area contributed by atoms with Crippen molar-refractivity contribution in [2.45, 2.75) is 6.10 Å². The van der Waals surface area contributed by atoms with E-state index in [9.17, 15) is 15.0 Å². The van der Waals surface area contributed by atoms with Crippen molar-refractivity contribution in [3.8, 4) is 17.2 Å². The zero-order valence-electron chi connectivity index (χ0n) is 9.91. The molecule has 19 heavy (non-hydrogen) atoms. The van der Waals surface area contributed by atoms with E-state index in [0.717, 1.165) is 11.1 Å². The van der Waals surface area contributed by atoms with Crippen molar-refractivity contribution in [3.05, 3.63) is 59.7 Å². The van der Waals surface area contributed by atoms with Crippen molar-refractivity contribution in [2.24, 2.45) is 0 Å². The number of carboxylic acids is 1. The average molecular weight is 252 g/mol. The maximum absolute atomic E-state index is 10.6. The summed E-state index contributed by atoms with van der Waals surface area (Å²) >= 11 is 0. The van der Waals surface area contributed by atoms with Crippen molar-refractivity contribution in [2.75, 3.05) is 0 Å². The fourth-order valence-electron chi connectivity index (χ4n) is 1.81. The van der Waals surface area contributed by atoms with Gasteiger partial charge in [-0.1, -0.05) is 42.5 Å². The first-order valence-corrected chi connectivity index (χ1v) is 5.62. The molecule has 1 unspecified atom stereocenters. The molecule has 0 saturated heterocycles. The fraction of sp³-hybridized carbons (Fsp3) is 0.0667. The molecule has 2 aromatic carbocycles. The molecule has 0 fully saturated rings. The second-order valence-electron chi connectivity index (χ2n) is 4.00. The van der Waals surface area contributed by atoms with Crippen LogP contribution in [-0.4, -0.2) is 11.1 Å². The monoisotopic (exact) mass is 252 g/mol. The highest BCUT2D eigenvalue weighted by molar-refractivity contribution is 5.74. The second-order valence-corrected chi connectivity index (χ2v) is 4.00. The van der Waals surface area contributed by atoms with Crippen molar-refractivity contribution in [1.82, 2.24) is 0 Å². The van der Waals surface area contributed by atoms with Gasteiger partial charge in [-0.15, -0.1) is 0 Å². The molecule has 0 aliphatic rings. The highest BCUT2D eigenvalue weighted by Gasteiger charge is 2.09. The average Bonchev–Trinajstić information content (AvgIpc) is 2.46. The van der Waals surface area contributed by atoms with Gasteiger partial charge in [-0.2, -0.15) is 5.26 Å². The Morgan fingerprint density at radius 3 is 2.37 bits per heavy atom. The highest BCUT2D eigenvalue weighted by atomic mass is 16.4. The summed E-state index contributed by atoms with van der Waals surface area (Å²) in [6.45, 7) is 0. The van der Waals surface area contributed by atoms with Gasteiger partial charge in [0, 0.05) is 0 Å². The predicted molar refractivity (Wildman–Crippen MR) is 66.6 cm³/mol. The second kappa shape index (κ2) is 5.34. The van der Waals surface area contributed by atoms with E-state index in [1.54, 1.807) is 24.3 Å². The van der Waals surface area contributed by atoms with E-state index < -0.39 is 12.1 Å². The number of nitrogens with zero attached hydrogens (tertiary/aromatic N) is 1. The van der Waals surface area contributed by atoms with Crippen LogP contribution in [0.25, 0.3) is 11.1 Å². The molecule has 4 nitrogen and oxygen atoms in total. The van der Waals surface area contributed by atoms with E-state index in [-0.39, 0.29) is 5.56 Å². The molecule has 0 heterocycles. The normalized spacial score (nSPS) is 11.6. The number of aliphatic hydroxyl groups excluding tert-OH is 1. The maximum Gasteiger partial charge on any atom is 0.118 e. The topological polar surface area (TPSA) is 84.1 Å². The number of nitriles is 1. The van der Waals surface area contributed by atoms with Crippen molar-refractivity contribution >= 4 is 5.97 Å². The summed E-state index contributed by atoms with van der Waals surface area (Å²) in [5, 5.41) is 28.9. The third-order valence-corrected chi connectivity index (χ3v) is 2.81. The van der Waals surface area contributed by atoms with Crippen LogP contribution in [0.2, 0.25) is 0 Å². The first-order valence-electron chi connectivity index (χ1n) is 5.62. The molecule has 0 saturated carbocycles. The molecule has 0 radical (unpaired) electrons. The number of aliphatic hydroxyl groups is 1. The number of benzene rings is 2. The molecule has 0 spiro atoms. The Kier molecular flexibility index (Phi) is 3.60. The Morgan fingerprint density at radius 1 is 1.16 bits per heavy atom. The smallest absolute Gasteiger partial charge is 0.118 e. The molecule has 1 N–H and O–H groups in total. The zero-order chi connectivity index (χ0) is 13.8. The molecule has 94 valence electrons. The summed E-state index contributed by atoms with van der Waals surface area (Å²) in [7, 11) is 0. The fourth-order valence-corrected chi connectivity index (χ4v) is 1.81. The van der Waals surface area contributed by atoms with Crippen LogP contribution in [0, 0.1) is 11.3 Å². The van der Waals surface area contributed by atoms with E-state index in [1.165, 1.54) is 12.1 Å². The quantitative estimate of drug-likeness (QED) is 0.883.